The summed E-state index contributed by atoms with van der Waals surface area (Å²) in [5.74, 6) is 1.34. The first-order valence-corrected chi connectivity index (χ1v) is 5.59. The number of ether oxygens (including phenoxy) is 1. The van der Waals surface area contributed by atoms with E-state index in [2.05, 4.69) is 15.3 Å². The summed E-state index contributed by atoms with van der Waals surface area (Å²) in [5.41, 5.74) is 0. The summed E-state index contributed by atoms with van der Waals surface area (Å²) >= 11 is 0. The second-order valence-electron chi connectivity index (χ2n) is 3.51. The van der Waals surface area contributed by atoms with Crippen LogP contribution in [-0.2, 0) is 0 Å². The van der Waals surface area contributed by atoms with Crippen molar-refractivity contribution in [2.24, 2.45) is 0 Å². The van der Waals surface area contributed by atoms with Crippen molar-refractivity contribution in [2.45, 2.75) is 13.3 Å². The number of hydrogen-bond acceptors (Lipinski definition) is 5. The van der Waals surface area contributed by atoms with E-state index < -0.39 is 0 Å². The van der Waals surface area contributed by atoms with E-state index >= 15 is 0 Å². The lowest BCUT2D eigenvalue weighted by atomic mass is 10.4. The number of nitrogens with one attached hydrogen (secondary N) is 1. The third-order valence-electron chi connectivity index (χ3n) is 2.17. The van der Waals surface area contributed by atoms with Crippen molar-refractivity contribution in [1.82, 2.24) is 15.3 Å². The molecule has 0 atom stereocenters. The van der Waals surface area contributed by atoms with Gasteiger partial charge in [0.2, 0.25) is 11.8 Å². The molecule has 5 heteroatoms. The maximum atomic E-state index is 5.33. The van der Waals surface area contributed by atoms with Crippen LogP contribution in [0.2, 0.25) is 0 Å². The Morgan fingerprint density at radius 3 is 3.00 bits per heavy atom. The van der Waals surface area contributed by atoms with Gasteiger partial charge in [0.25, 0.3) is 0 Å². The maximum absolute atomic E-state index is 5.33. The monoisotopic (exact) mass is 224 g/mol. The molecule has 0 aliphatic carbocycles. The van der Waals surface area contributed by atoms with E-state index in [-0.39, 0.29) is 0 Å². The highest BCUT2D eigenvalue weighted by molar-refractivity contribution is 5.30. The molecule has 0 radical (unpaired) electrons. The van der Waals surface area contributed by atoms with E-state index in [1.807, 2.05) is 25.9 Å². The molecule has 5 nitrogen and oxygen atoms in total. The van der Waals surface area contributed by atoms with E-state index in [0.29, 0.717) is 18.4 Å². The van der Waals surface area contributed by atoms with Crippen LogP contribution in [0.15, 0.2) is 12.3 Å². The standard InChI is InChI=1S/C11H20N4O/c1-4-16-10-6-8-13-11(14-10)15(3)9-5-7-12-2/h6,8,12H,4-5,7,9H2,1-3H3. The Bertz CT molecular complexity index is 306. The molecule has 90 valence electrons. The summed E-state index contributed by atoms with van der Waals surface area (Å²) in [6, 6.07) is 1.77. The molecule has 0 aliphatic rings. The number of anilines is 1. The predicted molar refractivity (Wildman–Crippen MR) is 65.0 cm³/mol. The zero-order chi connectivity index (χ0) is 11.8. The highest BCUT2D eigenvalue weighted by atomic mass is 16.5. The quantitative estimate of drug-likeness (QED) is 0.698. The van der Waals surface area contributed by atoms with Gasteiger partial charge in [-0.3, -0.25) is 0 Å². The lowest BCUT2D eigenvalue weighted by molar-refractivity contribution is 0.326. The summed E-state index contributed by atoms with van der Waals surface area (Å²) in [4.78, 5) is 10.6. The van der Waals surface area contributed by atoms with Gasteiger partial charge in [0.1, 0.15) is 0 Å². The van der Waals surface area contributed by atoms with Crippen LogP contribution < -0.4 is 15.0 Å². The first kappa shape index (κ1) is 12.7. The van der Waals surface area contributed by atoms with Crippen molar-refractivity contribution >= 4 is 5.95 Å². The minimum atomic E-state index is 0.625. The molecule has 0 bridgehead atoms. The molecule has 1 aromatic rings. The normalized spacial score (nSPS) is 10.2. The van der Waals surface area contributed by atoms with Gasteiger partial charge >= 0.3 is 0 Å². The van der Waals surface area contributed by atoms with Crippen molar-refractivity contribution in [3.63, 3.8) is 0 Å². The Morgan fingerprint density at radius 1 is 1.50 bits per heavy atom. The Kier molecular flexibility index (Phi) is 5.56. The molecule has 0 unspecified atom stereocenters. The van der Waals surface area contributed by atoms with Crippen LogP contribution in [0.1, 0.15) is 13.3 Å². The van der Waals surface area contributed by atoms with Crippen LogP contribution in [0.3, 0.4) is 0 Å². The molecule has 1 aromatic heterocycles. The average molecular weight is 224 g/mol. The molecule has 0 aromatic carbocycles. The smallest absolute Gasteiger partial charge is 0.228 e. The SMILES string of the molecule is CCOc1ccnc(N(C)CCCNC)n1. The minimum Gasteiger partial charge on any atom is -0.478 e. The van der Waals surface area contributed by atoms with Gasteiger partial charge in [-0.15, -0.1) is 0 Å². The predicted octanol–water partition coefficient (Wildman–Crippen LogP) is 0.921. The van der Waals surface area contributed by atoms with Gasteiger partial charge < -0.3 is 15.0 Å². The van der Waals surface area contributed by atoms with Crippen molar-refractivity contribution < 1.29 is 4.74 Å². The molecule has 0 saturated carbocycles. The Balaban J connectivity index is 2.53. The van der Waals surface area contributed by atoms with Crippen molar-refractivity contribution in [1.29, 1.82) is 0 Å². The van der Waals surface area contributed by atoms with Gasteiger partial charge in [-0.05, 0) is 26.9 Å². The molecule has 0 aliphatic heterocycles. The van der Waals surface area contributed by atoms with E-state index in [4.69, 9.17) is 4.74 Å². The van der Waals surface area contributed by atoms with Crippen LogP contribution in [0.25, 0.3) is 0 Å². The first-order chi connectivity index (χ1) is 7.77. The maximum Gasteiger partial charge on any atom is 0.228 e. The van der Waals surface area contributed by atoms with Crippen LogP contribution in [0.5, 0.6) is 5.88 Å². The van der Waals surface area contributed by atoms with Gasteiger partial charge in [-0.2, -0.15) is 4.98 Å². The lowest BCUT2D eigenvalue weighted by Crippen LogP contribution is -2.24. The molecule has 1 N–H and O–H groups in total. The summed E-state index contributed by atoms with van der Waals surface area (Å²) in [5, 5.41) is 3.11. The van der Waals surface area contributed by atoms with E-state index in [9.17, 15) is 0 Å². The van der Waals surface area contributed by atoms with Gasteiger partial charge in [0.05, 0.1) is 6.61 Å². The van der Waals surface area contributed by atoms with Crippen LogP contribution >= 0.6 is 0 Å². The zero-order valence-electron chi connectivity index (χ0n) is 10.2. The topological polar surface area (TPSA) is 50.3 Å². The third-order valence-corrected chi connectivity index (χ3v) is 2.17. The van der Waals surface area contributed by atoms with Gasteiger partial charge in [-0.1, -0.05) is 0 Å². The van der Waals surface area contributed by atoms with Crippen LogP contribution in [-0.4, -0.2) is 43.8 Å². The van der Waals surface area contributed by atoms with Gasteiger partial charge in [0.15, 0.2) is 0 Å². The number of rotatable bonds is 7. The molecule has 1 rings (SSSR count). The van der Waals surface area contributed by atoms with Gasteiger partial charge in [0, 0.05) is 25.9 Å². The average Bonchev–Trinajstić information content (AvgIpc) is 2.30. The van der Waals surface area contributed by atoms with Crippen molar-refractivity contribution in [3.05, 3.63) is 12.3 Å². The summed E-state index contributed by atoms with van der Waals surface area (Å²) < 4.78 is 5.33. The third kappa shape index (κ3) is 4.02. The lowest BCUT2D eigenvalue weighted by Gasteiger charge is -2.17. The highest BCUT2D eigenvalue weighted by Gasteiger charge is 2.04. The van der Waals surface area contributed by atoms with Crippen molar-refractivity contribution in [2.75, 3.05) is 38.7 Å². The second-order valence-corrected chi connectivity index (χ2v) is 3.51. The first-order valence-electron chi connectivity index (χ1n) is 5.59. The van der Waals surface area contributed by atoms with E-state index in [0.717, 1.165) is 19.5 Å². The number of aromatic nitrogens is 2. The summed E-state index contributed by atoms with van der Waals surface area (Å²) in [6.07, 6.45) is 2.79. The van der Waals surface area contributed by atoms with E-state index in [1.54, 1.807) is 12.3 Å². The van der Waals surface area contributed by atoms with Crippen LogP contribution in [0, 0.1) is 0 Å². The fourth-order valence-electron chi connectivity index (χ4n) is 1.34. The molecule has 16 heavy (non-hydrogen) atoms. The Hall–Kier alpha value is -1.36. The largest absolute Gasteiger partial charge is 0.478 e. The molecule has 0 fully saturated rings. The highest BCUT2D eigenvalue weighted by Crippen LogP contribution is 2.11. The molecule has 0 spiro atoms. The molecule has 0 amide bonds. The minimum absolute atomic E-state index is 0.625. The van der Waals surface area contributed by atoms with Crippen molar-refractivity contribution in [3.8, 4) is 5.88 Å². The molecular formula is C11H20N4O. The van der Waals surface area contributed by atoms with Gasteiger partial charge in [-0.25, -0.2) is 4.98 Å². The Labute approximate surface area is 96.8 Å². The summed E-state index contributed by atoms with van der Waals surface area (Å²) in [6.45, 7) is 4.49. The fraction of sp³-hybridized carbons (Fsp3) is 0.636. The zero-order valence-corrected chi connectivity index (χ0v) is 10.2. The number of nitrogens with zero attached hydrogens (tertiary/aromatic N) is 3. The van der Waals surface area contributed by atoms with Crippen LogP contribution in [0.4, 0.5) is 5.95 Å². The molecule has 1 heterocycles. The number of hydrogen-bond donors (Lipinski definition) is 1. The second kappa shape index (κ2) is 7.00. The fourth-order valence-corrected chi connectivity index (χ4v) is 1.34. The molecular weight excluding hydrogens is 204 g/mol. The summed E-state index contributed by atoms with van der Waals surface area (Å²) in [7, 11) is 3.94. The molecule has 0 saturated heterocycles. The Morgan fingerprint density at radius 2 is 2.31 bits per heavy atom. The van der Waals surface area contributed by atoms with E-state index in [1.165, 1.54) is 0 Å².